The molecule has 0 amide bonds. The molecule has 2 nitrogen and oxygen atoms in total. The summed E-state index contributed by atoms with van der Waals surface area (Å²) in [5, 5.41) is 9.19. The Labute approximate surface area is 90.0 Å². The molecule has 0 bridgehead atoms. The van der Waals surface area contributed by atoms with E-state index in [-0.39, 0.29) is 0 Å². The maximum Gasteiger partial charge on any atom is 0.0992 e. The Morgan fingerprint density at radius 2 is 2.33 bits per heavy atom. The van der Waals surface area contributed by atoms with Crippen molar-refractivity contribution in [1.29, 1.82) is 5.26 Å². The van der Waals surface area contributed by atoms with Gasteiger partial charge in [-0.1, -0.05) is 17.7 Å². The molecule has 0 aliphatic heterocycles. The van der Waals surface area contributed by atoms with Gasteiger partial charge in [-0.2, -0.15) is 5.26 Å². The van der Waals surface area contributed by atoms with Gasteiger partial charge in [0.2, 0.25) is 0 Å². The third kappa shape index (κ3) is 2.34. The smallest absolute Gasteiger partial charge is 0.0992 e. The van der Waals surface area contributed by atoms with Crippen molar-refractivity contribution in [2.45, 2.75) is 6.54 Å². The Morgan fingerprint density at radius 3 is 2.83 bits per heavy atom. The van der Waals surface area contributed by atoms with Crippen LogP contribution in [-0.2, 0) is 6.54 Å². The average molecular weight is 293 g/mol. The van der Waals surface area contributed by atoms with Gasteiger partial charge >= 0.3 is 0 Å². The minimum atomic E-state index is 0.595. The van der Waals surface area contributed by atoms with E-state index >= 15 is 0 Å². The summed E-state index contributed by atoms with van der Waals surface area (Å²) in [4.78, 5) is 0. The van der Waals surface area contributed by atoms with Crippen LogP contribution in [0.3, 0.4) is 0 Å². The fourth-order valence-electron chi connectivity index (χ4n) is 0.832. The van der Waals surface area contributed by atoms with Crippen LogP contribution in [0.2, 0.25) is 5.02 Å². The van der Waals surface area contributed by atoms with Crippen LogP contribution in [0.25, 0.3) is 0 Å². The molecule has 1 aromatic carbocycles. The van der Waals surface area contributed by atoms with Crippen molar-refractivity contribution in [2.75, 3.05) is 0 Å². The summed E-state index contributed by atoms with van der Waals surface area (Å²) in [5.74, 6) is 0. The van der Waals surface area contributed by atoms with E-state index in [1.54, 1.807) is 12.1 Å². The van der Waals surface area contributed by atoms with Gasteiger partial charge in [0.1, 0.15) is 0 Å². The summed E-state index contributed by atoms with van der Waals surface area (Å²) in [6, 6.07) is 7.31. The quantitative estimate of drug-likeness (QED) is 0.672. The standard InChI is InChI=1S/C8H6ClIN2/c9-8-3-6(4-11)1-2-7(8)5-12-10/h1-3,12H,5H2. The number of halogens is 2. The summed E-state index contributed by atoms with van der Waals surface area (Å²) in [6.07, 6.45) is 0. The lowest BCUT2D eigenvalue weighted by atomic mass is 10.1. The van der Waals surface area contributed by atoms with Crippen LogP contribution in [0.1, 0.15) is 11.1 Å². The number of hydrogen-bond donors (Lipinski definition) is 1. The third-order valence-electron chi connectivity index (χ3n) is 1.44. The highest BCUT2D eigenvalue weighted by Gasteiger charge is 1.99. The molecular weight excluding hydrogens is 286 g/mol. The van der Waals surface area contributed by atoms with Crippen molar-refractivity contribution in [1.82, 2.24) is 3.53 Å². The fourth-order valence-corrected chi connectivity index (χ4v) is 1.49. The van der Waals surface area contributed by atoms with E-state index in [0.29, 0.717) is 17.1 Å². The van der Waals surface area contributed by atoms with Gasteiger partial charge in [0, 0.05) is 34.4 Å². The van der Waals surface area contributed by atoms with Gasteiger partial charge in [0.05, 0.1) is 11.6 Å². The highest BCUT2D eigenvalue weighted by Crippen LogP contribution is 2.17. The highest BCUT2D eigenvalue weighted by atomic mass is 127. The molecule has 0 unspecified atom stereocenters. The van der Waals surface area contributed by atoms with Crippen molar-refractivity contribution in [2.24, 2.45) is 0 Å². The molecule has 4 heteroatoms. The largest absolute Gasteiger partial charge is 0.257 e. The van der Waals surface area contributed by atoms with E-state index in [1.165, 1.54) is 0 Å². The molecule has 62 valence electrons. The molecule has 0 saturated carbocycles. The van der Waals surface area contributed by atoms with Crippen LogP contribution in [0.15, 0.2) is 18.2 Å². The zero-order chi connectivity index (χ0) is 8.97. The van der Waals surface area contributed by atoms with Crippen LogP contribution in [0.4, 0.5) is 0 Å². The van der Waals surface area contributed by atoms with Crippen molar-refractivity contribution < 1.29 is 0 Å². The number of hydrogen-bond acceptors (Lipinski definition) is 2. The molecule has 0 radical (unpaired) electrons. The third-order valence-corrected chi connectivity index (χ3v) is 2.17. The zero-order valence-electron chi connectivity index (χ0n) is 6.14. The molecule has 1 rings (SSSR count). The van der Waals surface area contributed by atoms with E-state index in [9.17, 15) is 0 Å². The van der Waals surface area contributed by atoms with Crippen LogP contribution in [0, 0.1) is 11.3 Å². The lowest BCUT2D eigenvalue weighted by Crippen LogP contribution is -1.98. The molecule has 1 N–H and O–H groups in total. The summed E-state index contributed by atoms with van der Waals surface area (Å²) < 4.78 is 2.96. The summed E-state index contributed by atoms with van der Waals surface area (Å²) in [6.45, 7) is 0.713. The SMILES string of the molecule is N#Cc1ccc(CNI)c(Cl)c1. The molecule has 0 atom stereocenters. The first-order chi connectivity index (χ1) is 5.77. The van der Waals surface area contributed by atoms with Crippen molar-refractivity contribution in [3.8, 4) is 6.07 Å². The molecule has 0 aliphatic rings. The minimum absolute atomic E-state index is 0.595. The van der Waals surface area contributed by atoms with Gasteiger partial charge in [-0.15, -0.1) is 0 Å². The lowest BCUT2D eigenvalue weighted by Gasteiger charge is -2.01. The van der Waals surface area contributed by atoms with E-state index in [1.807, 2.05) is 12.1 Å². The number of nitrogens with one attached hydrogen (secondary N) is 1. The second kappa shape index (κ2) is 4.65. The maximum atomic E-state index is 8.56. The summed E-state index contributed by atoms with van der Waals surface area (Å²) in [5.41, 5.74) is 1.60. The van der Waals surface area contributed by atoms with Crippen LogP contribution in [-0.4, -0.2) is 0 Å². The van der Waals surface area contributed by atoms with Crippen molar-refractivity contribution >= 4 is 34.5 Å². The molecule has 0 heterocycles. The Hall–Kier alpha value is -0.310. The van der Waals surface area contributed by atoms with Gasteiger partial charge < -0.3 is 0 Å². The molecular formula is C8H6ClIN2. The Bertz CT molecular complexity index is 319. The Morgan fingerprint density at radius 1 is 1.58 bits per heavy atom. The second-order valence-electron chi connectivity index (χ2n) is 2.23. The molecule has 12 heavy (non-hydrogen) atoms. The number of rotatable bonds is 2. The minimum Gasteiger partial charge on any atom is -0.257 e. The first-order valence-electron chi connectivity index (χ1n) is 3.30. The molecule has 0 spiro atoms. The van der Waals surface area contributed by atoms with E-state index in [2.05, 4.69) is 26.4 Å². The topological polar surface area (TPSA) is 35.8 Å². The van der Waals surface area contributed by atoms with E-state index < -0.39 is 0 Å². The number of benzene rings is 1. The van der Waals surface area contributed by atoms with Gasteiger partial charge in [-0.25, -0.2) is 0 Å². The van der Waals surface area contributed by atoms with Crippen LogP contribution < -0.4 is 3.53 Å². The first kappa shape index (κ1) is 9.78. The molecule has 1 aromatic rings. The first-order valence-corrected chi connectivity index (χ1v) is 4.75. The van der Waals surface area contributed by atoms with Crippen molar-refractivity contribution in [3.63, 3.8) is 0 Å². The van der Waals surface area contributed by atoms with Crippen LogP contribution in [0.5, 0.6) is 0 Å². The van der Waals surface area contributed by atoms with Gasteiger partial charge in [-0.05, 0) is 17.7 Å². The molecule has 0 fully saturated rings. The average Bonchev–Trinajstić information content (AvgIpc) is 2.09. The molecule has 0 aromatic heterocycles. The maximum absolute atomic E-state index is 8.56. The fraction of sp³-hybridized carbons (Fsp3) is 0.125. The Kier molecular flexibility index (Phi) is 3.79. The van der Waals surface area contributed by atoms with E-state index in [0.717, 1.165) is 5.56 Å². The second-order valence-corrected chi connectivity index (χ2v) is 3.40. The van der Waals surface area contributed by atoms with Crippen LogP contribution >= 0.6 is 34.5 Å². The lowest BCUT2D eigenvalue weighted by molar-refractivity contribution is 1.01. The predicted octanol–water partition coefficient (Wildman–Crippen LogP) is 2.65. The zero-order valence-corrected chi connectivity index (χ0v) is 9.06. The predicted molar refractivity (Wildman–Crippen MR) is 57.0 cm³/mol. The Balaban J connectivity index is 2.97. The monoisotopic (exact) mass is 292 g/mol. The van der Waals surface area contributed by atoms with Gasteiger partial charge in [0.15, 0.2) is 0 Å². The molecule has 0 saturated heterocycles. The number of nitriles is 1. The van der Waals surface area contributed by atoms with Crippen molar-refractivity contribution in [3.05, 3.63) is 34.3 Å². The highest BCUT2D eigenvalue weighted by molar-refractivity contribution is 14.1. The van der Waals surface area contributed by atoms with E-state index in [4.69, 9.17) is 16.9 Å². The summed E-state index contributed by atoms with van der Waals surface area (Å²) >= 11 is 7.94. The number of nitrogens with zero attached hydrogens (tertiary/aromatic N) is 1. The normalized spacial score (nSPS) is 9.42. The summed E-state index contributed by atoms with van der Waals surface area (Å²) in [7, 11) is 0. The molecule has 0 aliphatic carbocycles. The van der Waals surface area contributed by atoms with Gasteiger partial charge in [0.25, 0.3) is 0 Å². The van der Waals surface area contributed by atoms with Gasteiger partial charge in [-0.3, -0.25) is 3.53 Å².